The van der Waals surface area contributed by atoms with E-state index in [1.54, 1.807) is 0 Å². The van der Waals surface area contributed by atoms with E-state index in [4.69, 9.17) is 4.74 Å². The molecule has 2 fully saturated rings. The molecule has 1 aliphatic heterocycles. The molecule has 0 aromatic carbocycles. The van der Waals surface area contributed by atoms with Gasteiger partial charge >= 0.3 is 5.97 Å². The molecule has 1 saturated carbocycles. The minimum absolute atomic E-state index is 0.0434. The zero-order valence-electron chi connectivity index (χ0n) is 14.0. The van der Waals surface area contributed by atoms with Gasteiger partial charge in [0, 0.05) is 25.7 Å². The molecule has 1 saturated heterocycles. The molecule has 4 atom stereocenters. The largest absolute Gasteiger partial charge is 0.462 e. The van der Waals surface area contributed by atoms with Gasteiger partial charge in [-0.15, -0.1) is 0 Å². The Morgan fingerprint density at radius 1 is 1.17 bits per heavy atom. The highest BCUT2D eigenvalue weighted by atomic mass is 16.5. The topological polar surface area (TPSA) is 89.5 Å². The highest BCUT2D eigenvalue weighted by Crippen LogP contribution is 2.36. The number of esters is 1. The average Bonchev–Trinajstić information content (AvgIpc) is 2.40. The van der Waals surface area contributed by atoms with Crippen molar-refractivity contribution in [1.82, 2.24) is 5.32 Å². The van der Waals surface area contributed by atoms with Crippen molar-refractivity contribution < 1.29 is 23.9 Å². The molecule has 0 bridgehead atoms. The second kappa shape index (κ2) is 7.23. The monoisotopic (exact) mass is 323 g/mol. The Morgan fingerprint density at radius 3 is 2.35 bits per heavy atom. The number of rotatable bonds is 4. The molecule has 0 spiro atoms. The number of Topliss-reactive ketones (excluding diaryl/α,β-unsaturated/α-hetero) is 1. The zero-order valence-corrected chi connectivity index (χ0v) is 14.0. The van der Waals surface area contributed by atoms with Gasteiger partial charge in [0.15, 0.2) is 0 Å². The average molecular weight is 323 g/mol. The van der Waals surface area contributed by atoms with E-state index in [-0.39, 0.29) is 48.2 Å². The van der Waals surface area contributed by atoms with Gasteiger partial charge in [-0.3, -0.25) is 24.5 Å². The van der Waals surface area contributed by atoms with Crippen molar-refractivity contribution >= 4 is 23.6 Å². The van der Waals surface area contributed by atoms with E-state index < -0.39 is 12.1 Å². The van der Waals surface area contributed by atoms with Gasteiger partial charge < -0.3 is 4.74 Å². The van der Waals surface area contributed by atoms with Crippen molar-refractivity contribution in [3.63, 3.8) is 0 Å². The second-order valence-corrected chi connectivity index (χ2v) is 7.12. The summed E-state index contributed by atoms with van der Waals surface area (Å²) in [5, 5.41) is 2.27. The first-order valence-electron chi connectivity index (χ1n) is 8.29. The molecule has 128 valence electrons. The molecule has 1 aliphatic carbocycles. The maximum Gasteiger partial charge on any atom is 0.302 e. The summed E-state index contributed by atoms with van der Waals surface area (Å²) in [7, 11) is 0. The Kier molecular flexibility index (Phi) is 5.55. The summed E-state index contributed by atoms with van der Waals surface area (Å²) in [6.07, 6.45) is 1.84. The molecule has 6 heteroatoms. The van der Waals surface area contributed by atoms with Gasteiger partial charge in [0.25, 0.3) is 0 Å². The van der Waals surface area contributed by atoms with E-state index in [0.29, 0.717) is 18.8 Å². The maximum absolute atomic E-state index is 12.5. The first-order valence-corrected chi connectivity index (χ1v) is 8.29. The van der Waals surface area contributed by atoms with Gasteiger partial charge in [0.1, 0.15) is 11.9 Å². The number of carbonyl (C=O) groups is 4. The van der Waals surface area contributed by atoms with Crippen LogP contribution in [0.3, 0.4) is 0 Å². The Hall–Kier alpha value is -1.72. The van der Waals surface area contributed by atoms with Gasteiger partial charge in [-0.25, -0.2) is 0 Å². The van der Waals surface area contributed by atoms with Crippen LogP contribution in [0, 0.1) is 23.7 Å². The molecule has 23 heavy (non-hydrogen) atoms. The third kappa shape index (κ3) is 4.62. The van der Waals surface area contributed by atoms with E-state index in [0.717, 1.165) is 6.42 Å². The lowest BCUT2D eigenvalue weighted by atomic mass is 9.71. The number of hydrogen-bond donors (Lipinski definition) is 1. The van der Waals surface area contributed by atoms with Crippen molar-refractivity contribution in [2.75, 3.05) is 0 Å². The lowest BCUT2D eigenvalue weighted by Gasteiger charge is -2.36. The fourth-order valence-electron chi connectivity index (χ4n) is 3.92. The van der Waals surface area contributed by atoms with Crippen molar-refractivity contribution in [1.29, 1.82) is 0 Å². The number of ketones is 1. The van der Waals surface area contributed by atoms with Gasteiger partial charge in [0.05, 0.1) is 5.92 Å². The summed E-state index contributed by atoms with van der Waals surface area (Å²) in [6, 6.07) is 0. The van der Waals surface area contributed by atoms with Crippen molar-refractivity contribution in [3.8, 4) is 0 Å². The fraction of sp³-hybridized carbons (Fsp3) is 0.765. The van der Waals surface area contributed by atoms with Crippen LogP contribution in [-0.2, 0) is 23.9 Å². The number of carbonyl (C=O) groups excluding carboxylic acids is 4. The number of nitrogens with one attached hydrogen (secondary N) is 1. The first kappa shape index (κ1) is 17.6. The molecule has 2 rings (SSSR count). The van der Waals surface area contributed by atoms with Crippen LogP contribution < -0.4 is 5.32 Å². The summed E-state index contributed by atoms with van der Waals surface area (Å²) in [4.78, 5) is 47.0. The van der Waals surface area contributed by atoms with Crippen LogP contribution in [0.1, 0.15) is 52.9 Å². The van der Waals surface area contributed by atoms with Crippen LogP contribution in [0.4, 0.5) is 0 Å². The second-order valence-electron chi connectivity index (χ2n) is 7.12. The van der Waals surface area contributed by atoms with Crippen molar-refractivity contribution in [2.24, 2.45) is 23.7 Å². The van der Waals surface area contributed by atoms with E-state index >= 15 is 0 Å². The molecule has 0 unspecified atom stereocenters. The van der Waals surface area contributed by atoms with Gasteiger partial charge in [-0.1, -0.05) is 13.8 Å². The summed E-state index contributed by atoms with van der Waals surface area (Å²) in [5.41, 5.74) is 0. The standard InChI is InChI=1S/C17H25NO5/c1-9-4-10(2)17(22)13(5-9)14(23-11(3)19)6-12-7-15(20)18-16(21)8-12/h9-10,12-14H,4-8H2,1-3H3,(H,18,20,21)/t9-,10-,13-,14+/m0/s1. The summed E-state index contributed by atoms with van der Waals surface area (Å²) in [6.45, 7) is 5.33. The lowest BCUT2D eigenvalue weighted by Crippen LogP contribution is -2.44. The Morgan fingerprint density at radius 2 is 1.78 bits per heavy atom. The van der Waals surface area contributed by atoms with Crippen molar-refractivity contribution in [2.45, 2.75) is 59.0 Å². The lowest BCUT2D eigenvalue weighted by molar-refractivity contribution is -0.155. The van der Waals surface area contributed by atoms with E-state index in [2.05, 4.69) is 12.2 Å². The van der Waals surface area contributed by atoms with E-state index in [1.807, 2.05) is 6.92 Å². The molecule has 1 heterocycles. The number of imide groups is 1. The smallest absolute Gasteiger partial charge is 0.302 e. The number of piperidine rings is 1. The van der Waals surface area contributed by atoms with Crippen LogP contribution in [0.2, 0.25) is 0 Å². The molecule has 0 aromatic rings. The zero-order chi connectivity index (χ0) is 17.1. The number of ether oxygens (including phenoxy) is 1. The number of amides is 2. The third-order valence-electron chi connectivity index (χ3n) is 4.82. The van der Waals surface area contributed by atoms with Crippen LogP contribution in [0.25, 0.3) is 0 Å². The van der Waals surface area contributed by atoms with E-state index in [1.165, 1.54) is 6.92 Å². The third-order valence-corrected chi connectivity index (χ3v) is 4.82. The Balaban J connectivity index is 2.12. The fourth-order valence-corrected chi connectivity index (χ4v) is 3.92. The quantitative estimate of drug-likeness (QED) is 0.627. The summed E-state index contributed by atoms with van der Waals surface area (Å²) < 4.78 is 5.43. The number of hydrogen-bond acceptors (Lipinski definition) is 5. The normalized spacial score (nSPS) is 30.7. The highest BCUT2D eigenvalue weighted by molar-refractivity contribution is 5.97. The summed E-state index contributed by atoms with van der Waals surface area (Å²) >= 11 is 0. The predicted octanol–water partition coefficient (Wildman–Crippen LogP) is 1.61. The Bertz CT molecular complexity index is 499. The molecule has 6 nitrogen and oxygen atoms in total. The molecule has 2 aliphatic rings. The maximum atomic E-state index is 12.5. The Labute approximate surface area is 136 Å². The minimum Gasteiger partial charge on any atom is -0.462 e. The molecular formula is C17H25NO5. The first-order chi connectivity index (χ1) is 10.8. The van der Waals surface area contributed by atoms with Crippen LogP contribution in [0.15, 0.2) is 0 Å². The molecular weight excluding hydrogens is 298 g/mol. The van der Waals surface area contributed by atoms with Crippen molar-refractivity contribution in [3.05, 3.63) is 0 Å². The molecule has 0 radical (unpaired) electrons. The molecule has 1 N–H and O–H groups in total. The SMILES string of the molecule is CC(=O)O[C@H](CC1CC(=O)NC(=O)C1)[C@@H]1C[C@@H](C)C[C@H](C)C1=O. The van der Waals surface area contributed by atoms with Gasteiger partial charge in [0.2, 0.25) is 11.8 Å². The van der Waals surface area contributed by atoms with E-state index in [9.17, 15) is 19.2 Å². The minimum atomic E-state index is -0.547. The predicted molar refractivity (Wildman–Crippen MR) is 82.1 cm³/mol. The van der Waals surface area contributed by atoms with Gasteiger partial charge in [-0.2, -0.15) is 0 Å². The van der Waals surface area contributed by atoms with Crippen LogP contribution in [-0.4, -0.2) is 29.7 Å². The van der Waals surface area contributed by atoms with Gasteiger partial charge in [-0.05, 0) is 31.1 Å². The van der Waals surface area contributed by atoms with Crippen LogP contribution >= 0.6 is 0 Å². The highest BCUT2D eigenvalue weighted by Gasteiger charge is 2.40. The molecule has 0 aromatic heterocycles. The molecule has 2 amide bonds. The summed E-state index contributed by atoms with van der Waals surface area (Å²) in [5.74, 6) is -1.07. The van der Waals surface area contributed by atoms with Crippen LogP contribution in [0.5, 0.6) is 0 Å².